The van der Waals surface area contributed by atoms with E-state index in [2.05, 4.69) is 0 Å². The number of carboxylic acids is 1. The Labute approximate surface area is 194 Å². The van der Waals surface area contributed by atoms with Crippen LogP contribution in [0, 0.1) is 5.82 Å². The first kappa shape index (κ1) is 26.0. The largest absolute Gasteiger partial charge is 0.491 e. The van der Waals surface area contributed by atoms with Gasteiger partial charge in [0.2, 0.25) is 0 Å². The summed E-state index contributed by atoms with van der Waals surface area (Å²) in [5.74, 6) is -8.31. The van der Waals surface area contributed by atoms with Crippen molar-refractivity contribution in [2.75, 3.05) is 18.1 Å². The van der Waals surface area contributed by atoms with Crippen LogP contribution in [0.1, 0.15) is 34.8 Å². The fourth-order valence-corrected chi connectivity index (χ4v) is 3.57. The summed E-state index contributed by atoms with van der Waals surface area (Å²) >= 11 is 0. The SMILES string of the molecule is C[C@@H](F)COc1ccc(C(=O)N2CCC(F)(F)C(=CC(=O)O)c3cc(F)ccc32)c(C(F)(F)F)c1. The fourth-order valence-electron chi connectivity index (χ4n) is 3.57. The van der Waals surface area contributed by atoms with Crippen molar-refractivity contribution in [2.24, 2.45) is 0 Å². The molecule has 1 aliphatic heterocycles. The molecule has 1 N–H and O–H groups in total. The molecule has 5 nitrogen and oxygen atoms in total. The van der Waals surface area contributed by atoms with Crippen molar-refractivity contribution >= 4 is 23.1 Å². The van der Waals surface area contributed by atoms with E-state index >= 15 is 0 Å². The molecule has 0 aromatic heterocycles. The van der Waals surface area contributed by atoms with Crippen LogP contribution in [0.15, 0.2) is 42.5 Å². The number of allylic oxidation sites excluding steroid dienone is 1. The van der Waals surface area contributed by atoms with Crippen molar-refractivity contribution in [3.8, 4) is 5.75 Å². The summed E-state index contributed by atoms with van der Waals surface area (Å²) in [5, 5.41) is 9.02. The second-order valence-electron chi connectivity index (χ2n) is 7.77. The lowest BCUT2D eigenvalue weighted by atomic mass is 9.97. The van der Waals surface area contributed by atoms with Gasteiger partial charge in [-0.15, -0.1) is 0 Å². The van der Waals surface area contributed by atoms with Gasteiger partial charge in [0, 0.05) is 30.2 Å². The van der Waals surface area contributed by atoms with E-state index in [4.69, 9.17) is 9.84 Å². The lowest BCUT2D eigenvalue weighted by Gasteiger charge is -2.24. The standard InChI is InChI=1S/C23H18F7NO4/c1-12(24)11-35-14-3-4-15(18(9-14)23(28,29)30)21(34)31-7-6-22(26,27)17(10-20(32)33)16-8-13(25)2-5-19(16)31/h2-5,8-10,12H,6-7,11H2,1H3,(H,32,33)/t12-/m1/s1. The minimum atomic E-state index is -5.07. The summed E-state index contributed by atoms with van der Waals surface area (Å²) < 4.78 is 103. The normalized spacial score (nSPS) is 17.5. The molecule has 1 aliphatic rings. The molecule has 0 spiro atoms. The van der Waals surface area contributed by atoms with E-state index in [0.29, 0.717) is 17.0 Å². The van der Waals surface area contributed by atoms with Crippen LogP contribution in [0.4, 0.5) is 36.4 Å². The van der Waals surface area contributed by atoms with Crippen molar-refractivity contribution in [1.82, 2.24) is 0 Å². The van der Waals surface area contributed by atoms with Gasteiger partial charge in [-0.1, -0.05) is 0 Å². The Kier molecular flexibility index (Phi) is 7.13. The Morgan fingerprint density at radius 3 is 2.49 bits per heavy atom. The number of carboxylic acid groups (broad SMARTS) is 1. The van der Waals surface area contributed by atoms with Crippen LogP contribution >= 0.6 is 0 Å². The minimum Gasteiger partial charge on any atom is -0.491 e. The number of hydrogen-bond acceptors (Lipinski definition) is 3. The molecule has 12 heteroatoms. The monoisotopic (exact) mass is 505 g/mol. The van der Waals surface area contributed by atoms with E-state index in [0.717, 1.165) is 31.2 Å². The molecule has 1 atom stereocenters. The van der Waals surface area contributed by atoms with Crippen molar-refractivity contribution < 1.29 is 50.2 Å². The number of anilines is 1. The molecule has 2 aromatic carbocycles. The van der Waals surface area contributed by atoms with Crippen LogP contribution in [0.2, 0.25) is 0 Å². The van der Waals surface area contributed by atoms with Gasteiger partial charge in [0.1, 0.15) is 24.3 Å². The number of amides is 1. The zero-order chi connectivity index (χ0) is 26.1. The van der Waals surface area contributed by atoms with Crippen LogP contribution in [0.5, 0.6) is 5.75 Å². The van der Waals surface area contributed by atoms with Crippen molar-refractivity contribution in [3.63, 3.8) is 0 Å². The zero-order valence-electron chi connectivity index (χ0n) is 18.0. The van der Waals surface area contributed by atoms with E-state index in [9.17, 15) is 40.3 Å². The van der Waals surface area contributed by atoms with Crippen LogP contribution in [0.3, 0.4) is 0 Å². The highest BCUT2D eigenvalue weighted by molar-refractivity contribution is 6.09. The molecule has 188 valence electrons. The van der Waals surface area contributed by atoms with Crippen molar-refractivity contribution in [2.45, 2.75) is 31.6 Å². The molecule has 1 heterocycles. The molecule has 0 radical (unpaired) electrons. The minimum absolute atomic E-state index is 0.172. The van der Waals surface area contributed by atoms with E-state index in [1.807, 2.05) is 0 Å². The number of carbonyl (C=O) groups excluding carboxylic acids is 1. The molecule has 3 rings (SSSR count). The second kappa shape index (κ2) is 9.59. The van der Waals surface area contributed by atoms with Gasteiger partial charge in [-0.2, -0.15) is 13.2 Å². The summed E-state index contributed by atoms with van der Waals surface area (Å²) in [6.07, 6.45) is -7.51. The summed E-state index contributed by atoms with van der Waals surface area (Å²) in [6, 6.07) is 4.56. The fraction of sp³-hybridized carbons (Fsp3) is 0.304. The number of aliphatic carboxylic acids is 1. The highest BCUT2D eigenvalue weighted by atomic mass is 19.4. The van der Waals surface area contributed by atoms with Crippen molar-refractivity contribution in [3.05, 3.63) is 65.0 Å². The highest BCUT2D eigenvalue weighted by Crippen LogP contribution is 2.44. The van der Waals surface area contributed by atoms with Crippen molar-refractivity contribution in [1.29, 1.82) is 0 Å². The molecule has 1 amide bonds. The topological polar surface area (TPSA) is 66.8 Å². The number of hydrogen-bond donors (Lipinski definition) is 1. The predicted octanol–water partition coefficient (Wildman–Crippen LogP) is 5.74. The van der Waals surface area contributed by atoms with Crippen LogP contribution in [-0.4, -0.2) is 42.2 Å². The van der Waals surface area contributed by atoms with Gasteiger partial charge in [0.15, 0.2) is 0 Å². The maximum absolute atomic E-state index is 14.8. The summed E-state index contributed by atoms with van der Waals surface area (Å²) in [5.41, 5.74) is -4.49. The lowest BCUT2D eigenvalue weighted by Crippen LogP contribution is -2.34. The first-order valence-corrected chi connectivity index (χ1v) is 10.1. The number of benzene rings is 2. The molecule has 0 fully saturated rings. The molecule has 35 heavy (non-hydrogen) atoms. The third-order valence-electron chi connectivity index (χ3n) is 5.10. The highest BCUT2D eigenvalue weighted by Gasteiger charge is 2.43. The average molecular weight is 505 g/mol. The van der Waals surface area contributed by atoms with Gasteiger partial charge >= 0.3 is 12.1 Å². The van der Waals surface area contributed by atoms with Crippen LogP contribution < -0.4 is 9.64 Å². The number of halogens is 7. The van der Waals surface area contributed by atoms with E-state index in [1.165, 1.54) is 0 Å². The first-order chi connectivity index (χ1) is 16.2. The Balaban J connectivity index is 2.15. The molecular weight excluding hydrogens is 487 g/mol. The Morgan fingerprint density at radius 2 is 1.89 bits per heavy atom. The quantitative estimate of drug-likeness (QED) is 0.416. The smallest absolute Gasteiger partial charge is 0.417 e. The van der Waals surface area contributed by atoms with Gasteiger partial charge in [-0.3, -0.25) is 4.79 Å². The third kappa shape index (κ3) is 5.75. The van der Waals surface area contributed by atoms with Gasteiger partial charge < -0.3 is 14.7 Å². The van der Waals surface area contributed by atoms with E-state index in [-0.39, 0.29) is 17.5 Å². The van der Waals surface area contributed by atoms with E-state index < -0.39 is 77.8 Å². The zero-order valence-corrected chi connectivity index (χ0v) is 18.0. The molecular formula is C23H18F7NO4. The molecule has 0 bridgehead atoms. The first-order valence-electron chi connectivity index (χ1n) is 10.1. The molecule has 0 saturated heterocycles. The number of nitrogens with zero attached hydrogens (tertiary/aromatic N) is 1. The molecule has 0 saturated carbocycles. The van der Waals surface area contributed by atoms with Gasteiger partial charge in [0.05, 0.1) is 16.8 Å². The number of rotatable bonds is 5. The maximum atomic E-state index is 14.8. The summed E-state index contributed by atoms with van der Waals surface area (Å²) in [7, 11) is 0. The van der Waals surface area contributed by atoms with E-state index in [1.54, 1.807) is 0 Å². The number of carbonyl (C=O) groups is 2. The third-order valence-corrected chi connectivity index (χ3v) is 5.10. The Bertz CT molecular complexity index is 1170. The maximum Gasteiger partial charge on any atom is 0.417 e. The van der Waals surface area contributed by atoms with Gasteiger partial charge in [0.25, 0.3) is 11.8 Å². The van der Waals surface area contributed by atoms with Gasteiger partial charge in [-0.05, 0) is 43.3 Å². The number of alkyl halides is 6. The second-order valence-corrected chi connectivity index (χ2v) is 7.77. The number of ether oxygens (including phenoxy) is 1. The predicted molar refractivity (Wildman–Crippen MR) is 111 cm³/mol. The number of fused-ring (bicyclic) bond motifs is 1. The Morgan fingerprint density at radius 1 is 1.20 bits per heavy atom. The summed E-state index contributed by atoms with van der Waals surface area (Å²) in [4.78, 5) is 25.0. The Hall–Kier alpha value is -3.57. The molecule has 0 unspecified atom stereocenters. The summed E-state index contributed by atoms with van der Waals surface area (Å²) in [6.45, 7) is -0.204. The van der Waals surface area contributed by atoms with Crippen LogP contribution in [-0.2, 0) is 11.0 Å². The average Bonchev–Trinajstić information content (AvgIpc) is 2.85. The lowest BCUT2D eigenvalue weighted by molar-refractivity contribution is -0.138. The molecule has 0 aliphatic carbocycles. The molecule has 2 aromatic rings. The van der Waals surface area contributed by atoms with Crippen LogP contribution in [0.25, 0.3) is 5.57 Å². The van der Waals surface area contributed by atoms with Gasteiger partial charge in [-0.25, -0.2) is 22.4 Å².